The van der Waals surface area contributed by atoms with E-state index in [0.717, 1.165) is 154 Å². The summed E-state index contributed by atoms with van der Waals surface area (Å²) in [5.41, 5.74) is 4.42. The summed E-state index contributed by atoms with van der Waals surface area (Å²) >= 11 is 12.5. The van der Waals surface area contributed by atoms with E-state index >= 15 is 4.39 Å². The zero-order valence-electron chi connectivity index (χ0n) is 54.9. The first-order valence-corrected chi connectivity index (χ1v) is 42.1. The number of hydrogen-bond donors (Lipinski definition) is 3. The average Bonchev–Trinajstić information content (AvgIpc) is 1.72. The van der Waals surface area contributed by atoms with Gasteiger partial charge in [-0.15, -0.1) is 34.0 Å². The quantitative estimate of drug-likeness (QED) is 0.0714. The van der Waals surface area contributed by atoms with Crippen LogP contribution in [0.15, 0.2) is 64.4 Å². The molecule has 3 spiro atoms. The molecule has 15 nitrogen and oxygen atoms in total. The van der Waals surface area contributed by atoms with Gasteiger partial charge >= 0.3 is 0 Å². The van der Waals surface area contributed by atoms with E-state index in [9.17, 15) is 25.3 Å². The minimum Gasteiger partial charge on any atom is -0.370 e. The maximum Gasteiger partial charge on any atom is 0.243 e. The molecule has 3 N–H and O–H groups in total. The van der Waals surface area contributed by atoms with Crippen LogP contribution in [0.5, 0.6) is 0 Å². The van der Waals surface area contributed by atoms with Gasteiger partial charge in [-0.1, -0.05) is 44.5 Å². The van der Waals surface area contributed by atoms with Crippen molar-refractivity contribution in [2.45, 2.75) is 219 Å². The van der Waals surface area contributed by atoms with Gasteiger partial charge in [-0.05, 0) is 205 Å². The van der Waals surface area contributed by atoms with Crippen molar-refractivity contribution in [3.63, 3.8) is 0 Å². The van der Waals surface area contributed by atoms with Gasteiger partial charge < -0.3 is 28.9 Å². The Morgan fingerprint density at radius 3 is 1.39 bits per heavy atom. The van der Waals surface area contributed by atoms with Gasteiger partial charge in [0, 0.05) is 123 Å². The third-order valence-electron chi connectivity index (χ3n) is 23.1. The van der Waals surface area contributed by atoms with Crippen molar-refractivity contribution in [1.82, 2.24) is 28.9 Å². The molecule has 3 aliphatic carbocycles. The minimum absolute atomic E-state index is 0.0322. The van der Waals surface area contributed by atoms with Crippen molar-refractivity contribution in [2.24, 2.45) is 17.8 Å². The summed E-state index contributed by atoms with van der Waals surface area (Å²) in [6.07, 6.45) is 15.0. The number of halogens is 2. The van der Waals surface area contributed by atoms with E-state index in [-0.39, 0.29) is 56.4 Å². The molecule has 93 heavy (non-hydrogen) atoms. The van der Waals surface area contributed by atoms with Crippen LogP contribution in [-0.4, -0.2) is 142 Å². The molecule has 3 saturated heterocycles. The van der Waals surface area contributed by atoms with Crippen LogP contribution in [0.4, 0.5) is 4.39 Å². The van der Waals surface area contributed by atoms with Crippen molar-refractivity contribution >= 4 is 75.7 Å². The lowest BCUT2D eigenvalue weighted by Gasteiger charge is -2.50. The second-order valence-corrected chi connectivity index (χ2v) is 38.5. The van der Waals surface area contributed by atoms with E-state index in [1.807, 2.05) is 34.8 Å². The predicted molar refractivity (Wildman–Crippen MR) is 368 cm³/mol. The number of piperidine rings is 3. The first kappa shape index (κ1) is 67.4. The summed E-state index contributed by atoms with van der Waals surface area (Å²) in [7, 11) is -11.2. The summed E-state index contributed by atoms with van der Waals surface area (Å²) in [6.45, 7) is 20.5. The van der Waals surface area contributed by atoms with Gasteiger partial charge in [-0.2, -0.15) is 0 Å². The maximum absolute atomic E-state index is 16.3. The molecule has 2 unspecified atom stereocenters. The molecule has 3 aromatic heterocycles. The van der Waals surface area contributed by atoms with Gasteiger partial charge in [-0.3, -0.25) is 0 Å². The lowest BCUT2D eigenvalue weighted by molar-refractivity contribution is -0.118. The SMILES string of the molecule is CCc1cc2c(s1)CCO[C@@]21CCN(CC2CC(NS(=O)(=O)c3ccc(C4CO[C@@]5(CCN(CC6CC(NS(=O)(=O)c7ccc(C8CO[C@@]9(CCN(CC%10CC(NS(C)(=O)=O)C%10)[C@@H](C)C9)c9cc(CC)sc98)cc7Cl)C6)[C@@H](C)C5)c5cc(CC)sc54)cc3F)C2)[C@@H](C)C1. The normalized spacial score (nSPS) is 33.5. The molecule has 0 radical (unpaired) electrons. The number of hydrogen-bond acceptors (Lipinski definition) is 15. The zero-order valence-corrected chi connectivity index (χ0v) is 60.6. The highest BCUT2D eigenvalue weighted by molar-refractivity contribution is 7.90. The Morgan fingerprint density at radius 2 is 0.957 bits per heavy atom. The number of likely N-dealkylation sites (tertiary alicyclic amines) is 3. The number of fused-ring (bicyclic) bond motifs is 6. The molecule has 23 heteroatoms. The lowest BCUT2D eigenvalue weighted by Crippen LogP contribution is -2.54. The van der Waals surface area contributed by atoms with E-state index in [0.29, 0.717) is 48.6 Å². The molecular weight excluding hydrogens is 1320 g/mol. The first-order chi connectivity index (χ1) is 44.3. The second-order valence-electron chi connectivity index (χ2n) is 29.4. The number of sulfonamides is 3. The maximum atomic E-state index is 16.3. The van der Waals surface area contributed by atoms with Crippen molar-refractivity contribution in [2.75, 3.05) is 65.3 Å². The van der Waals surface area contributed by atoms with E-state index in [2.05, 4.69) is 88.6 Å². The van der Waals surface area contributed by atoms with Crippen LogP contribution >= 0.6 is 45.6 Å². The standard InChI is InChI=1S/C70H94ClFN6O9S6/c1-8-53-31-58-63(88-53)15-22-85-68(58)16-19-76(42(4)34-68)38-47-27-52(28-47)75-93(83,84)65-14-12-49(30-62(65)72)57-41-87-70(60-33-55(10-3)90-67(57)60)18-21-78(44(6)36-70)39-46-25-51(26-46)74-92(81,82)64-13-11-48(29-61(64)71)56-40-86-69(59-32-54(9-2)89-66(56)59)17-20-77(43(5)35-69)37-45-23-50(24-45)73-91(7,79)80/h11-14,29-33,42-47,50-52,56-57,73-75H,8-10,15-28,34-41H2,1-7H3/t42-,43-,44-,45?,46?,47?,50?,51?,52?,56?,57?,68+,69+,70+/m0/s1. The van der Waals surface area contributed by atoms with Gasteiger partial charge in [-0.25, -0.2) is 43.8 Å². The van der Waals surface area contributed by atoms with Crippen LogP contribution < -0.4 is 14.2 Å². The van der Waals surface area contributed by atoms with Crippen LogP contribution in [-0.2, 0) is 86.8 Å². The number of ether oxygens (including phenoxy) is 3. The Kier molecular flexibility index (Phi) is 18.9. The average molecular weight is 1410 g/mol. The zero-order chi connectivity index (χ0) is 65.1. The van der Waals surface area contributed by atoms with Crippen LogP contribution in [0.1, 0.15) is 188 Å². The summed E-state index contributed by atoms with van der Waals surface area (Å²) in [5.74, 6) is 0.140. The summed E-state index contributed by atoms with van der Waals surface area (Å²) in [6, 6.07) is 17.5. The number of thiophene rings is 3. The molecule has 9 heterocycles. The summed E-state index contributed by atoms with van der Waals surface area (Å²) < 4.78 is 125. The Labute approximate surface area is 568 Å². The molecular formula is C70H94ClFN6O9S6. The van der Waals surface area contributed by atoms with Crippen LogP contribution in [0, 0.1) is 23.6 Å². The summed E-state index contributed by atoms with van der Waals surface area (Å²) in [5, 5.41) is 0.204. The molecule has 508 valence electrons. The van der Waals surface area contributed by atoms with E-state index in [1.54, 1.807) is 23.5 Å². The highest BCUT2D eigenvalue weighted by Crippen LogP contribution is 2.54. The monoisotopic (exact) mass is 1410 g/mol. The fourth-order valence-electron chi connectivity index (χ4n) is 17.8. The lowest BCUT2D eigenvalue weighted by atomic mass is 9.75. The molecule has 14 rings (SSSR count). The fourth-order valence-corrected chi connectivity index (χ4v) is 25.6. The highest BCUT2D eigenvalue weighted by Gasteiger charge is 2.51. The van der Waals surface area contributed by atoms with Gasteiger partial charge in [0.05, 0.1) is 47.9 Å². The summed E-state index contributed by atoms with van der Waals surface area (Å²) in [4.78, 5) is 15.3. The third-order valence-corrected chi connectivity index (χ3v) is 31.5. The largest absolute Gasteiger partial charge is 0.370 e. The molecule has 8 atom stereocenters. The van der Waals surface area contributed by atoms with Crippen LogP contribution in [0.2, 0.25) is 5.02 Å². The van der Waals surface area contributed by atoms with Gasteiger partial charge in [0.25, 0.3) is 0 Å². The van der Waals surface area contributed by atoms with Crippen molar-refractivity contribution in [1.29, 1.82) is 0 Å². The Bertz CT molecular complexity index is 3960. The molecule has 9 aliphatic rings. The number of nitrogens with one attached hydrogen (secondary N) is 3. The number of rotatable bonds is 19. The van der Waals surface area contributed by atoms with Gasteiger partial charge in [0.15, 0.2) is 0 Å². The van der Waals surface area contributed by atoms with Crippen molar-refractivity contribution in [3.8, 4) is 0 Å². The predicted octanol–water partition coefficient (Wildman–Crippen LogP) is 12.1. The molecule has 6 fully saturated rings. The molecule has 5 aromatic rings. The third kappa shape index (κ3) is 13.3. The number of nitrogens with zero attached hydrogens (tertiary/aromatic N) is 3. The van der Waals surface area contributed by atoms with E-state index in [1.165, 1.54) is 64.3 Å². The van der Waals surface area contributed by atoms with Crippen molar-refractivity contribution < 1.29 is 43.9 Å². The van der Waals surface area contributed by atoms with E-state index < -0.39 is 47.1 Å². The second kappa shape index (κ2) is 26.1. The molecule has 0 bridgehead atoms. The molecule has 6 aliphatic heterocycles. The highest BCUT2D eigenvalue weighted by atomic mass is 35.5. The van der Waals surface area contributed by atoms with Gasteiger partial charge in [0.2, 0.25) is 30.1 Å². The number of benzene rings is 2. The fraction of sp³-hybridized carbons (Fsp3) is 0.657. The Balaban J connectivity index is 0.552. The smallest absolute Gasteiger partial charge is 0.243 e. The minimum atomic E-state index is -4.10. The Morgan fingerprint density at radius 1 is 0.548 bits per heavy atom. The molecule has 2 aromatic carbocycles. The van der Waals surface area contributed by atoms with Crippen LogP contribution in [0.25, 0.3) is 0 Å². The van der Waals surface area contributed by atoms with Gasteiger partial charge in [0.1, 0.15) is 15.6 Å². The first-order valence-electron chi connectivity index (χ1n) is 34.5. The topological polar surface area (TPSA) is 176 Å². The van der Waals surface area contributed by atoms with E-state index in [4.69, 9.17) is 25.8 Å². The molecule has 0 amide bonds. The Hall–Kier alpha value is -2.75. The number of aryl methyl sites for hydroxylation is 3. The molecule has 3 saturated carbocycles. The van der Waals surface area contributed by atoms with Crippen molar-refractivity contribution in [3.05, 3.63) is 123 Å². The van der Waals surface area contributed by atoms with Crippen LogP contribution in [0.3, 0.4) is 0 Å².